The number of hydrogen-bond acceptors (Lipinski definition) is 2. The summed E-state index contributed by atoms with van der Waals surface area (Å²) in [5, 5.41) is 9.77. The lowest BCUT2D eigenvalue weighted by Gasteiger charge is -2.15. The Morgan fingerprint density at radius 3 is 2.65 bits per heavy atom. The fourth-order valence-corrected chi connectivity index (χ4v) is 2.33. The molecule has 20 heavy (non-hydrogen) atoms. The van der Waals surface area contributed by atoms with Crippen molar-refractivity contribution in [3.63, 3.8) is 0 Å². The predicted molar refractivity (Wildman–Crippen MR) is 80.2 cm³/mol. The minimum atomic E-state index is -0.614. The molecule has 0 aliphatic heterocycles. The van der Waals surface area contributed by atoms with Crippen LogP contribution in [-0.2, 0) is 6.61 Å². The average molecular weight is 339 g/mol. The van der Waals surface area contributed by atoms with Gasteiger partial charge in [-0.2, -0.15) is 0 Å². The number of halogens is 2. The molecule has 106 valence electrons. The van der Waals surface area contributed by atoms with Crippen LogP contribution in [-0.4, -0.2) is 5.11 Å². The maximum absolute atomic E-state index is 13.0. The zero-order valence-electron chi connectivity index (χ0n) is 11.4. The van der Waals surface area contributed by atoms with E-state index in [1.165, 1.54) is 12.1 Å². The van der Waals surface area contributed by atoms with E-state index in [9.17, 15) is 9.50 Å². The van der Waals surface area contributed by atoms with Gasteiger partial charge in [0.15, 0.2) is 0 Å². The van der Waals surface area contributed by atoms with E-state index in [4.69, 9.17) is 4.74 Å². The summed E-state index contributed by atoms with van der Waals surface area (Å²) in [4.78, 5) is 0. The highest BCUT2D eigenvalue weighted by molar-refractivity contribution is 9.10. The molecule has 0 aromatic heterocycles. The molecule has 0 bridgehead atoms. The number of aryl methyl sites for hydroxylation is 1. The molecule has 2 aromatic carbocycles. The highest BCUT2D eigenvalue weighted by Crippen LogP contribution is 2.29. The van der Waals surface area contributed by atoms with Gasteiger partial charge in [-0.05, 0) is 55.3 Å². The highest BCUT2D eigenvalue weighted by atomic mass is 79.9. The van der Waals surface area contributed by atoms with Gasteiger partial charge < -0.3 is 9.84 Å². The number of rotatable bonds is 4. The quantitative estimate of drug-likeness (QED) is 0.887. The van der Waals surface area contributed by atoms with Crippen LogP contribution in [0.4, 0.5) is 4.39 Å². The van der Waals surface area contributed by atoms with E-state index in [1.807, 2.05) is 25.1 Å². The third kappa shape index (κ3) is 3.58. The van der Waals surface area contributed by atoms with Crippen molar-refractivity contribution < 1.29 is 14.2 Å². The highest BCUT2D eigenvalue weighted by Gasteiger charge is 2.10. The first-order valence-corrected chi connectivity index (χ1v) is 7.12. The van der Waals surface area contributed by atoms with Crippen molar-refractivity contribution in [2.45, 2.75) is 26.6 Å². The molecule has 1 N–H and O–H groups in total. The topological polar surface area (TPSA) is 29.5 Å². The molecular formula is C16H16BrFO2. The third-order valence-corrected chi connectivity index (χ3v) is 3.60. The van der Waals surface area contributed by atoms with Crippen LogP contribution in [0.3, 0.4) is 0 Å². The lowest BCUT2D eigenvalue weighted by Crippen LogP contribution is -2.02. The second-order valence-electron chi connectivity index (χ2n) is 4.72. The molecule has 0 radical (unpaired) electrons. The molecule has 2 aromatic rings. The molecule has 0 unspecified atom stereocenters. The average Bonchev–Trinajstić information content (AvgIpc) is 2.38. The van der Waals surface area contributed by atoms with Crippen molar-refractivity contribution in [1.82, 2.24) is 0 Å². The number of aliphatic hydroxyl groups is 1. The van der Waals surface area contributed by atoms with Crippen molar-refractivity contribution in [3.05, 3.63) is 63.4 Å². The van der Waals surface area contributed by atoms with Crippen LogP contribution >= 0.6 is 15.9 Å². The van der Waals surface area contributed by atoms with Crippen LogP contribution in [0.1, 0.15) is 29.7 Å². The van der Waals surface area contributed by atoms with Crippen LogP contribution in [0.15, 0.2) is 40.9 Å². The zero-order chi connectivity index (χ0) is 14.7. The zero-order valence-corrected chi connectivity index (χ0v) is 12.9. The van der Waals surface area contributed by atoms with Gasteiger partial charge in [-0.15, -0.1) is 0 Å². The van der Waals surface area contributed by atoms with Crippen molar-refractivity contribution >= 4 is 15.9 Å². The van der Waals surface area contributed by atoms with Crippen molar-refractivity contribution in [2.75, 3.05) is 0 Å². The van der Waals surface area contributed by atoms with Gasteiger partial charge in [-0.1, -0.05) is 22.0 Å². The second-order valence-corrected chi connectivity index (χ2v) is 5.63. The molecular weight excluding hydrogens is 323 g/mol. The molecule has 1 atom stereocenters. The standard InChI is InChI=1S/C16H16BrFO2/c1-10-7-14(18)5-3-12(10)9-20-16-6-4-13(17)8-15(16)11(2)19/h3-8,11,19H,9H2,1-2H3/t11-/m0/s1. The molecule has 2 rings (SSSR count). The van der Waals surface area contributed by atoms with E-state index in [-0.39, 0.29) is 5.82 Å². The summed E-state index contributed by atoms with van der Waals surface area (Å²) in [7, 11) is 0. The minimum Gasteiger partial charge on any atom is -0.489 e. The first-order valence-electron chi connectivity index (χ1n) is 6.32. The minimum absolute atomic E-state index is 0.250. The van der Waals surface area contributed by atoms with Crippen LogP contribution in [0.5, 0.6) is 5.75 Å². The normalized spacial score (nSPS) is 12.2. The summed E-state index contributed by atoms with van der Waals surface area (Å²) in [5.41, 5.74) is 2.49. The van der Waals surface area contributed by atoms with Crippen molar-refractivity contribution in [2.24, 2.45) is 0 Å². The largest absolute Gasteiger partial charge is 0.489 e. The second kappa shape index (κ2) is 6.37. The summed E-state index contributed by atoms with van der Waals surface area (Å²) in [6, 6.07) is 10.1. The van der Waals surface area contributed by atoms with E-state index in [0.29, 0.717) is 12.4 Å². The molecule has 4 heteroatoms. The predicted octanol–water partition coefficient (Wildman–Crippen LogP) is 4.53. The Labute approximate surface area is 126 Å². The molecule has 0 amide bonds. The number of hydrogen-bond donors (Lipinski definition) is 1. The van der Waals surface area contributed by atoms with Crippen molar-refractivity contribution in [3.8, 4) is 5.75 Å². The van der Waals surface area contributed by atoms with Crippen LogP contribution in [0.2, 0.25) is 0 Å². The van der Waals surface area contributed by atoms with E-state index >= 15 is 0 Å². The molecule has 2 nitrogen and oxygen atoms in total. The van der Waals surface area contributed by atoms with Gasteiger partial charge in [0.2, 0.25) is 0 Å². The summed E-state index contributed by atoms with van der Waals surface area (Å²) in [6.07, 6.45) is -0.614. The van der Waals surface area contributed by atoms with E-state index in [1.54, 1.807) is 13.0 Å². The number of ether oxygens (including phenoxy) is 1. The third-order valence-electron chi connectivity index (χ3n) is 3.11. The Hall–Kier alpha value is -1.39. The van der Waals surface area contributed by atoms with Crippen LogP contribution in [0.25, 0.3) is 0 Å². The lowest BCUT2D eigenvalue weighted by atomic mass is 10.1. The van der Waals surface area contributed by atoms with Gasteiger partial charge in [-0.3, -0.25) is 0 Å². The Bertz CT molecular complexity index is 611. The molecule has 0 saturated heterocycles. The first-order chi connectivity index (χ1) is 9.47. The molecule has 0 aliphatic carbocycles. The Balaban J connectivity index is 2.18. The van der Waals surface area contributed by atoms with Crippen molar-refractivity contribution in [1.29, 1.82) is 0 Å². The van der Waals surface area contributed by atoms with E-state index in [0.717, 1.165) is 21.2 Å². The van der Waals surface area contributed by atoms with Gasteiger partial charge >= 0.3 is 0 Å². The van der Waals surface area contributed by atoms with Crippen LogP contribution in [0, 0.1) is 12.7 Å². The monoisotopic (exact) mass is 338 g/mol. The Morgan fingerprint density at radius 1 is 1.25 bits per heavy atom. The molecule has 0 fully saturated rings. The maximum atomic E-state index is 13.0. The molecule has 0 aliphatic rings. The fourth-order valence-electron chi connectivity index (χ4n) is 1.95. The molecule has 0 heterocycles. The lowest BCUT2D eigenvalue weighted by molar-refractivity contribution is 0.190. The number of benzene rings is 2. The summed E-state index contributed by atoms with van der Waals surface area (Å²) in [6.45, 7) is 3.88. The summed E-state index contributed by atoms with van der Waals surface area (Å²) in [5.74, 6) is 0.381. The Morgan fingerprint density at radius 2 is 2.00 bits per heavy atom. The van der Waals surface area contributed by atoms with E-state index in [2.05, 4.69) is 15.9 Å². The first kappa shape index (κ1) is 15.0. The molecule has 0 saturated carbocycles. The summed E-state index contributed by atoms with van der Waals surface area (Å²) < 4.78 is 19.7. The van der Waals surface area contributed by atoms with Gasteiger partial charge in [0.25, 0.3) is 0 Å². The van der Waals surface area contributed by atoms with Gasteiger partial charge in [-0.25, -0.2) is 4.39 Å². The Kier molecular flexibility index (Phi) is 4.78. The number of aliphatic hydroxyl groups excluding tert-OH is 1. The SMILES string of the molecule is Cc1cc(F)ccc1COc1ccc(Br)cc1[C@H](C)O. The fraction of sp³-hybridized carbons (Fsp3) is 0.250. The van der Waals surface area contributed by atoms with Gasteiger partial charge in [0, 0.05) is 10.0 Å². The van der Waals surface area contributed by atoms with Gasteiger partial charge in [0.05, 0.1) is 6.10 Å². The van der Waals surface area contributed by atoms with Crippen LogP contribution < -0.4 is 4.74 Å². The smallest absolute Gasteiger partial charge is 0.125 e. The summed E-state index contributed by atoms with van der Waals surface area (Å²) >= 11 is 3.37. The van der Waals surface area contributed by atoms with E-state index < -0.39 is 6.10 Å². The maximum Gasteiger partial charge on any atom is 0.125 e. The molecule has 0 spiro atoms. The van der Waals surface area contributed by atoms with Gasteiger partial charge in [0.1, 0.15) is 18.2 Å².